The van der Waals surface area contributed by atoms with E-state index in [1.807, 2.05) is 6.92 Å². The van der Waals surface area contributed by atoms with Crippen LogP contribution < -0.4 is 11.2 Å². The minimum absolute atomic E-state index is 0.228. The van der Waals surface area contributed by atoms with Crippen molar-refractivity contribution in [3.63, 3.8) is 0 Å². The summed E-state index contributed by atoms with van der Waals surface area (Å²) in [6.07, 6.45) is 5.35. The Morgan fingerprint density at radius 2 is 1.80 bits per heavy atom. The van der Waals surface area contributed by atoms with Crippen LogP contribution in [0.2, 0.25) is 0 Å². The SMILES string of the molecule is CCCCCn1c(=O)c2c(ncn2C)n(CCC)c1=O. The molecule has 0 saturated carbocycles. The molecule has 0 bridgehead atoms. The predicted octanol–water partition coefficient (Wildman–Crippen LogP) is 1.50. The molecular formula is C14H22N4O2. The normalized spacial score (nSPS) is 11.3. The van der Waals surface area contributed by atoms with Crippen LogP contribution in [-0.4, -0.2) is 18.7 Å². The van der Waals surface area contributed by atoms with Crippen molar-refractivity contribution in [2.75, 3.05) is 0 Å². The molecule has 0 spiro atoms. The van der Waals surface area contributed by atoms with E-state index in [0.717, 1.165) is 25.7 Å². The molecule has 2 aromatic heterocycles. The highest BCUT2D eigenvalue weighted by molar-refractivity contribution is 5.69. The minimum Gasteiger partial charge on any atom is -0.328 e. The third-order valence-electron chi connectivity index (χ3n) is 3.52. The number of nitrogens with zero attached hydrogens (tertiary/aromatic N) is 4. The zero-order valence-corrected chi connectivity index (χ0v) is 12.4. The van der Waals surface area contributed by atoms with E-state index in [2.05, 4.69) is 11.9 Å². The molecule has 110 valence electrons. The fraction of sp³-hybridized carbons (Fsp3) is 0.643. The van der Waals surface area contributed by atoms with Gasteiger partial charge in [0.05, 0.1) is 6.33 Å². The van der Waals surface area contributed by atoms with Gasteiger partial charge in [-0.05, 0) is 12.8 Å². The second-order valence-corrected chi connectivity index (χ2v) is 5.13. The summed E-state index contributed by atoms with van der Waals surface area (Å²) < 4.78 is 4.66. The fourth-order valence-electron chi connectivity index (χ4n) is 2.46. The lowest BCUT2D eigenvalue weighted by Gasteiger charge is -2.10. The Bertz CT molecular complexity index is 708. The summed E-state index contributed by atoms with van der Waals surface area (Å²) in [5.41, 5.74) is 0.540. The quantitative estimate of drug-likeness (QED) is 0.752. The van der Waals surface area contributed by atoms with Gasteiger partial charge in [0.15, 0.2) is 11.2 Å². The van der Waals surface area contributed by atoms with Crippen molar-refractivity contribution in [3.8, 4) is 0 Å². The van der Waals surface area contributed by atoms with E-state index in [1.54, 1.807) is 22.5 Å². The Morgan fingerprint density at radius 3 is 2.45 bits per heavy atom. The first-order chi connectivity index (χ1) is 9.61. The van der Waals surface area contributed by atoms with Crippen LogP contribution in [0.15, 0.2) is 15.9 Å². The van der Waals surface area contributed by atoms with Gasteiger partial charge in [-0.15, -0.1) is 0 Å². The number of fused-ring (bicyclic) bond motifs is 1. The Labute approximate surface area is 117 Å². The average molecular weight is 278 g/mol. The molecule has 0 N–H and O–H groups in total. The summed E-state index contributed by atoms with van der Waals surface area (Å²) in [6.45, 7) is 5.17. The van der Waals surface area contributed by atoms with Gasteiger partial charge in [0.1, 0.15) is 0 Å². The smallest absolute Gasteiger partial charge is 0.328 e. The molecule has 0 unspecified atom stereocenters. The molecule has 6 heteroatoms. The number of imidazole rings is 1. The molecule has 0 amide bonds. The molecule has 20 heavy (non-hydrogen) atoms. The largest absolute Gasteiger partial charge is 0.332 e. The zero-order chi connectivity index (χ0) is 14.7. The lowest BCUT2D eigenvalue weighted by atomic mass is 10.2. The third-order valence-corrected chi connectivity index (χ3v) is 3.52. The number of aryl methyl sites for hydroxylation is 2. The van der Waals surface area contributed by atoms with Crippen molar-refractivity contribution in [2.45, 2.75) is 52.6 Å². The number of rotatable bonds is 6. The molecule has 0 aromatic carbocycles. The van der Waals surface area contributed by atoms with Crippen molar-refractivity contribution in [2.24, 2.45) is 7.05 Å². The molecule has 0 fully saturated rings. The van der Waals surface area contributed by atoms with Crippen molar-refractivity contribution in [1.82, 2.24) is 18.7 Å². The highest BCUT2D eigenvalue weighted by Gasteiger charge is 2.15. The number of aromatic nitrogens is 4. The highest BCUT2D eigenvalue weighted by Crippen LogP contribution is 2.06. The standard InChI is InChI=1S/C14H22N4O2/c1-4-6-7-9-18-13(19)11-12(15-10-16(11)3)17(8-5-2)14(18)20/h10H,4-9H2,1-3H3. The monoisotopic (exact) mass is 278 g/mol. The Balaban J connectivity index is 2.64. The second kappa shape index (κ2) is 6.07. The molecule has 2 rings (SSSR count). The first kappa shape index (κ1) is 14.6. The molecule has 0 saturated heterocycles. The van der Waals surface area contributed by atoms with Crippen LogP contribution in [0, 0.1) is 0 Å². The molecular weight excluding hydrogens is 256 g/mol. The van der Waals surface area contributed by atoms with E-state index in [4.69, 9.17) is 0 Å². The Kier molecular flexibility index (Phi) is 4.42. The first-order valence-electron chi connectivity index (χ1n) is 7.26. The van der Waals surface area contributed by atoms with Gasteiger partial charge in [-0.1, -0.05) is 26.7 Å². The maximum absolute atomic E-state index is 12.5. The summed E-state index contributed by atoms with van der Waals surface area (Å²) in [6, 6.07) is 0. The van der Waals surface area contributed by atoms with Gasteiger partial charge in [-0.25, -0.2) is 9.78 Å². The van der Waals surface area contributed by atoms with Gasteiger partial charge < -0.3 is 4.57 Å². The second-order valence-electron chi connectivity index (χ2n) is 5.13. The van der Waals surface area contributed by atoms with Crippen LogP contribution in [0.25, 0.3) is 11.2 Å². The van der Waals surface area contributed by atoms with Crippen LogP contribution >= 0.6 is 0 Å². The third kappa shape index (κ3) is 2.42. The van der Waals surface area contributed by atoms with Crippen LogP contribution in [0.3, 0.4) is 0 Å². The van der Waals surface area contributed by atoms with Crippen molar-refractivity contribution >= 4 is 11.2 Å². The lowest BCUT2D eigenvalue weighted by molar-refractivity contribution is 0.528. The number of hydrogen-bond acceptors (Lipinski definition) is 3. The first-order valence-corrected chi connectivity index (χ1v) is 7.26. The highest BCUT2D eigenvalue weighted by atomic mass is 16.2. The van der Waals surface area contributed by atoms with Crippen LogP contribution in [0.1, 0.15) is 39.5 Å². The van der Waals surface area contributed by atoms with Crippen molar-refractivity contribution in [3.05, 3.63) is 27.2 Å². The van der Waals surface area contributed by atoms with E-state index < -0.39 is 0 Å². The topological polar surface area (TPSA) is 61.8 Å². The van der Waals surface area contributed by atoms with Gasteiger partial charge in [0.2, 0.25) is 0 Å². The number of unbranched alkanes of at least 4 members (excludes halogenated alkanes) is 2. The van der Waals surface area contributed by atoms with Gasteiger partial charge in [-0.3, -0.25) is 13.9 Å². The van der Waals surface area contributed by atoms with Crippen molar-refractivity contribution in [1.29, 1.82) is 0 Å². The minimum atomic E-state index is -0.237. The van der Waals surface area contributed by atoms with Crippen LogP contribution in [-0.2, 0) is 20.1 Å². The predicted molar refractivity (Wildman–Crippen MR) is 79.1 cm³/mol. The van der Waals surface area contributed by atoms with E-state index in [0.29, 0.717) is 24.3 Å². The average Bonchev–Trinajstić information content (AvgIpc) is 2.81. The zero-order valence-electron chi connectivity index (χ0n) is 12.4. The van der Waals surface area contributed by atoms with E-state index in [1.165, 1.54) is 4.57 Å². The van der Waals surface area contributed by atoms with Crippen LogP contribution in [0.4, 0.5) is 0 Å². The lowest BCUT2D eigenvalue weighted by Crippen LogP contribution is -2.40. The Hall–Kier alpha value is -1.85. The molecule has 6 nitrogen and oxygen atoms in total. The van der Waals surface area contributed by atoms with E-state index >= 15 is 0 Å². The molecule has 0 radical (unpaired) electrons. The van der Waals surface area contributed by atoms with Gasteiger partial charge >= 0.3 is 5.69 Å². The fourth-order valence-corrected chi connectivity index (χ4v) is 2.46. The maximum Gasteiger partial charge on any atom is 0.332 e. The summed E-state index contributed by atoms with van der Waals surface area (Å²) in [5.74, 6) is 0. The molecule has 0 atom stereocenters. The van der Waals surface area contributed by atoms with Gasteiger partial charge in [0.25, 0.3) is 5.56 Å². The number of hydrogen-bond donors (Lipinski definition) is 0. The summed E-state index contributed by atoms with van der Waals surface area (Å²) in [4.78, 5) is 29.2. The Morgan fingerprint density at radius 1 is 1.05 bits per heavy atom. The summed E-state index contributed by atoms with van der Waals surface area (Å²) in [5, 5.41) is 0. The molecule has 0 aliphatic heterocycles. The summed E-state index contributed by atoms with van der Waals surface area (Å²) in [7, 11) is 1.79. The van der Waals surface area contributed by atoms with Crippen molar-refractivity contribution < 1.29 is 0 Å². The van der Waals surface area contributed by atoms with E-state index in [9.17, 15) is 9.59 Å². The molecule has 2 heterocycles. The maximum atomic E-state index is 12.5. The molecule has 0 aliphatic carbocycles. The molecule has 2 aromatic rings. The van der Waals surface area contributed by atoms with Crippen LogP contribution in [0.5, 0.6) is 0 Å². The molecule has 0 aliphatic rings. The van der Waals surface area contributed by atoms with E-state index in [-0.39, 0.29) is 11.2 Å². The summed E-state index contributed by atoms with van der Waals surface area (Å²) >= 11 is 0. The van der Waals surface area contributed by atoms with Gasteiger partial charge in [0, 0.05) is 20.1 Å². The van der Waals surface area contributed by atoms with Gasteiger partial charge in [-0.2, -0.15) is 0 Å².